The number of halogens is 1. The Balaban J connectivity index is 1.76. The Morgan fingerprint density at radius 2 is 1.86 bits per heavy atom. The summed E-state index contributed by atoms with van der Waals surface area (Å²) in [5, 5.41) is 15.2. The minimum atomic E-state index is -0.366. The predicted molar refractivity (Wildman–Crippen MR) is 80.2 cm³/mol. The number of rotatable bonds is 4. The smallest absolute Gasteiger partial charge is 0.253 e. The summed E-state index contributed by atoms with van der Waals surface area (Å²) in [4.78, 5) is 23.7. The van der Waals surface area contributed by atoms with Gasteiger partial charge in [-0.3, -0.25) is 9.59 Å². The van der Waals surface area contributed by atoms with Crippen molar-refractivity contribution in [3.8, 4) is 0 Å². The highest BCUT2D eigenvalue weighted by Gasteiger charge is 2.21. The van der Waals surface area contributed by atoms with Gasteiger partial charge in [0.1, 0.15) is 0 Å². The quantitative estimate of drug-likeness (QED) is 0.788. The van der Waals surface area contributed by atoms with Crippen molar-refractivity contribution < 1.29 is 14.7 Å². The second kappa shape index (κ2) is 7.43. The molecule has 1 aromatic carbocycles. The fraction of sp³-hybridized carbons (Fsp3) is 0.467. The first-order valence-electron chi connectivity index (χ1n) is 7.06. The Labute approximate surface area is 128 Å². The highest BCUT2D eigenvalue weighted by molar-refractivity contribution is 6.33. The molecule has 0 saturated heterocycles. The van der Waals surface area contributed by atoms with Crippen LogP contribution in [0.1, 0.15) is 36.0 Å². The number of hydrogen-bond donors (Lipinski definition) is 3. The van der Waals surface area contributed by atoms with Crippen molar-refractivity contribution in [2.24, 2.45) is 0 Å². The van der Waals surface area contributed by atoms with Crippen LogP contribution >= 0.6 is 11.6 Å². The lowest BCUT2D eigenvalue weighted by Crippen LogP contribution is -2.43. The van der Waals surface area contributed by atoms with Crippen LogP contribution in [0, 0.1) is 0 Å². The van der Waals surface area contributed by atoms with E-state index in [1.807, 2.05) is 0 Å². The molecular formula is C15H19ClN2O3. The van der Waals surface area contributed by atoms with Gasteiger partial charge in [0.15, 0.2) is 0 Å². The minimum absolute atomic E-state index is 0.0802. The van der Waals surface area contributed by atoms with Gasteiger partial charge < -0.3 is 15.7 Å². The number of aliphatic hydroxyl groups excluding tert-OH is 1. The number of amides is 2. The lowest BCUT2D eigenvalue weighted by Gasteiger charge is -2.26. The summed E-state index contributed by atoms with van der Waals surface area (Å²) < 4.78 is 0. The largest absolute Gasteiger partial charge is 0.393 e. The molecule has 1 fully saturated rings. The molecule has 2 amide bonds. The second-order valence-electron chi connectivity index (χ2n) is 5.24. The average Bonchev–Trinajstić information content (AvgIpc) is 2.48. The van der Waals surface area contributed by atoms with Gasteiger partial charge in [0.2, 0.25) is 5.91 Å². The summed E-state index contributed by atoms with van der Waals surface area (Å²) >= 11 is 5.92. The summed E-state index contributed by atoms with van der Waals surface area (Å²) in [5.41, 5.74) is 0.354. The van der Waals surface area contributed by atoms with Crippen LogP contribution in [0.4, 0.5) is 0 Å². The molecule has 1 saturated carbocycles. The first kappa shape index (κ1) is 15.8. The molecule has 21 heavy (non-hydrogen) atoms. The first-order valence-corrected chi connectivity index (χ1v) is 7.44. The Hall–Kier alpha value is -1.59. The fourth-order valence-corrected chi connectivity index (χ4v) is 2.62. The number of nitrogens with one attached hydrogen (secondary N) is 2. The second-order valence-corrected chi connectivity index (χ2v) is 5.64. The average molecular weight is 311 g/mol. The van der Waals surface area contributed by atoms with Crippen LogP contribution in [0.25, 0.3) is 0 Å². The molecule has 0 spiro atoms. The standard InChI is InChI=1S/C15H19ClN2O3/c16-13-4-2-1-3-12(13)15(21)17-9-14(20)18-10-5-7-11(19)8-6-10/h1-4,10-11,19H,5-9H2,(H,17,21)(H,18,20). The van der Waals surface area contributed by atoms with E-state index in [1.54, 1.807) is 24.3 Å². The van der Waals surface area contributed by atoms with Crippen LogP contribution in [-0.2, 0) is 4.79 Å². The maximum atomic E-state index is 11.9. The van der Waals surface area contributed by atoms with Crippen molar-refractivity contribution >= 4 is 23.4 Å². The van der Waals surface area contributed by atoms with E-state index >= 15 is 0 Å². The molecule has 0 aliphatic heterocycles. The molecule has 1 aliphatic carbocycles. The Morgan fingerprint density at radius 3 is 2.52 bits per heavy atom. The summed E-state index contributed by atoms with van der Waals surface area (Å²) in [6.07, 6.45) is 2.70. The molecule has 0 unspecified atom stereocenters. The van der Waals surface area contributed by atoms with Crippen molar-refractivity contribution in [1.82, 2.24) is 10.6 Å². The van der Waals surface area contributed by atoms with Crippen molar-refractivity contribution in [2.45, 2.75) is 37.8 Å². The van der Waals surface area contributed by atoms with Gasteiger partial charge in [-0.05, 0) is 37.8 Å². The van der Waals surface area contributed by atoms with E-state index in [0.717, 1.165) is 12.8 Å². The molecule has 0 aromatic heterocycles. The monoisotopic (exact) mass is 310 g/mol. The maximum Gasteiger partial charge on any atom is 0.253 e. The van der Waals surface area contributed by atoms with Gasteiger partial charge in [-0.1, -0.05) is 23.7 Å². The lowest BCUT2D eigenvalue weighted by atomic mass is 9.93. The zero-order valence-corrected chi connectivity index (χ0v) is 12.4. The zero-order chi connectivity index (χ0) is 15.2. The van der Waals surface area contributed by atoms with Gasteiger partial charge >= 0.3 is 0 Å². The van der Waals surface area contributed by atoms with Gasteiger partial charge in [-0.25, -0.2) is 0 Å². The molecule has 0 radical (unpaired) electrons. The van der Waals surface area contributed by atoms with E-state index in [9.17, 15) is 14.7 Å². The summed E-state index contributed by atoms with van der Waals surface area (Å²) in [6.45, 7) is -0.0802. The van der Waals surface area contributed by atoms with Crippen LogP contribution in [0.3, 0.4) is 0 Å². The first-order chi connectivity index (χ1) is 10.1. The van der Waals surface area contributed by atoms with Gasteiger partial charge in [-0.15, -0.1) is 0 Å². The van der Waals surface area contributed by atoms with E-state index < -0.39 is 0 Å². The number of carbonyl (C=O) groups excluding carboxylic acids is 2. The van der Waals surface area contributed by atoms with E-state index in [1.165, 1.54) is 0 Å². The Kier molecular flexibility index (Phi) is 5.59. The van der Waals surface area contributed by atoms with E-state index in [4.69, 9.17) is 11.6 Å². The van der Waals surface area contributed by atoms with E-state index in [2.05, 4.69) is 10.6 Å². The molecule has 1 aliphatic rings. The summed E-state index contributed by atoms with van der Waals surface area (Å²) in [5.74, 6) is -0.591. The molecular weight excluding hydrogens is 292 g/mol. The van der Waals surface area contributed by atoms with Crippen LogP contribution < -0.4 is 10.6 Å². The highest BCUT2D eigenvalue weighted by atomic mass is 35.5. The summed E-state index contributed by atoms with van der Waals surface area (Å²) in [6, 6.07) is 6.78. The molecule has 114 valence electrons. The van der Waals surface area contributed by atoms with Crippen molar-refractivity contribution in [1.29, 1.82) is 0 Å². The Morgan fingerprint density at radius 1 is 1.19 bits per heavy atom. The van der Waals surface area contributed by atoms with Gasteiger partial charge in [-0.2, -0.15) is 0 Å². The van der Waals surface area contributed by atoms with Crippen LogP contribution in [-0.4, -0.2) is 35.6 Å². The molecule has 2 rings (SSSR count). The fourth-order valence-electron chi connectivity index (χ4n) is 2.40. The van der Waals surface area contributed by atoms with Crippen LogP contribution in [0.2, 0.25) is 5.02 Å². The number of carbonyl (C=O) groups is 2. The van der Waals surface area contributed by atoms with Crippen molar-refractivity contribution in [2.75, 3.05) is 6.54 Å². The third-order valence-corrected chi connectivity index (χ3v) is 3.92. The lowest BCUT2D eigenvalue weighted by molar-refractivity contribution is -0.121. The molecule has 0 atom stereocenters. The number of hydrogen-bond acceptors (Lipinski definition) is 3. The molecule has 0 heterocycles. The minimum Gasteiger partial charge on any atom is -0.393 e. The summed E-state index contributed by atoms with van der Waals surface area (Å²) in [7, 11) is 0. The SMILES string of the molecule is O=C(CNC(=O)c1ccccc1Cl)NC1CCC(O)CC1. The molecule has 1 aromatic rings. The molecule has 3 N–H and O–H groups in total. The molecule has 6 heteroatoms. The highest BCUT2D eigenvalue weighted by Crippen LogP contribution is 2.18. The van der Waals surface area contributed by atoms with Crippen LogP contribution in [0.15, 0.2) is 24.3 Å². The Bertz CT molecular complexity index is 513. The van der Waals surface area contributed by atoms with Gasteiger partial charge in [0, 0.05) is 6.04 Å². The van der Waals surface area contributed by atoms with E-state index in [-0.39, 0.29) is 30.5 Å². The third kappa shape index (κ3) is 4.72. The number of aliphatic hydroxyl groups is 1. The van der Waals surface area contributed by atoms with Crippen molar-refractivity contribution in [3.63, 3.8) is 0 Å². The van der Waals surface area contributed by atoms with Gasteiger partial charge in [0.25, 0.3) is 5.91 Å². The van der Waals surface area contributed by atoms with Crippen molar-refractivity contribution in [3.05, 3.63) is 34.9 Å². The zero-order valence-electron chi connectivity index (χ0n) is 11.6. The normalized spacial score (nSPS) is 21.6. The predicted octanol–water partition coefficient (Wildman–Crippen LogP) is 1.49. The topological polar surface area (TPSA) is 78.4 Å². The molecule has 5 nitrogen and oxygen atoms in total. The van der Waals surface area contributed by atoms with Gasteiger partial charge in [0.05, 0.1) is 23.2 Å². The van der Waals surface area contributed by atoms with E-state index in [0.29, 0.717) is 23.4 Å². The van der Waals surface area contributed by atoms with Crippen LogP contribution in [0.5, 0.6) is 0 Å². The molecule has 0 bridgehead atoms. The number of benzene rings is 1. The third-order valence-electron chi connectivity index (χ3n) is 3.59. The maximum absolute atomic E-state index is 11.9.